The van der Waals surface area contributed by atoms with Crippen molar-refractivity contribution in [1.29, 1.82) is 0 Å². The summed E-state index contributed by atoms with van der Waals surface area (Å²) in [4.78, 5) is 37.9. The van der Waals surface area contributed by atoms with E-state index in [1.54, 1.807) is 36.4 Å². The number of carbonyl (C=O) groups excluding carboxylic acids is 2. The molecule has 0 spiro atoms. The fourth-order valence-electron chi connectivity index (χ4n) is 3.38. The Morgan fingerprint density at radius 3 is 2.49 bits per heavy atom. The highest BCUT2D eigenvalue weighted by Gasteiger charge is 2.35. The number of halogens is 1. The van der Waals surface area contributed by atoms with Gasteiger partial charge in [0.2, 0.25) is 0 Å². The number of ether oxygens (including phenoxy) is 2. The van der Waals surface area contributed by atoms with Crippen LogP contribution < -0.4 is 9.47 Å². The minimum absolute atomic E-state index is 0.187. The molecule has 0 atom stereocenters. The topological polar surface area (TPSA) is 93.1 Å². The number of carbonyl (C=O) groups is 3. The van der Waals surface area contributed by atoms with Crippen LogP contribution in [-0.4, -0.2) is 34.2 Å². The minimum atomic E-state index is -0.986. The van der Waals surface area contributed by atoms with Gasteiger partial charge in [0, 0.05) is 4.47 Å². The van der Waals surface area contributed by atoms with Crippen molar-refractivity contribution in [2.45, 2.75) is 13.2 Å². The van der Waals surface area contributed by atoms with Crippen molar-refractivity contribution in [2.24, 2.45) is 0 Å². The van der Waals surface area contributed by atoms with Crippen LogP contribution in [0, 0.1) is 0 Å². The Morgan fingerprint density at radius 2 is 1.80 bits per heavy atom. The Kier molecular flexibility index (Phi) is 7.57. The van der Waals surface area contributed by atoms with Gasteiger partial charge in [-0.1, -0.05) is 52.3 Å². The summed E-state index contributed by atoms with van der Waals surface area (Å²) in [6.07, 6.45) is 1.65. The van der Waals surface area contributed by atoms with Gasteiger partial charge in [0.1, 0.15) is 6.61 Å². The molecule has 0 bridgehead atoms. The van der Waals surface area contributed by atoms with Gasteiger partial charge >= 0.3 is 5.97 Å². The SMILES string of the molecule is COc1cc(/C=C2\SC(=O)N(Cc3ccccc3Br)C2=O)ccc1OCc1ccc(C(=O)O)cc1. The van der Waals surface area contributed by atoms with Crippen molar-refractivity contribution >= 4 is 50.9 Å². The normalized spacial score (nSPS) is 14.5. The van der Waals surface area contributed by atoms with Crippen molar-refractivity contribution in [1.82, 2.24) is 4.90 Å². The highest BCUT2D eigenvalue weighted by atomic mass is 79.9. The molecular formula is C26H20BrNO6S. The van der Waals surface area contributed by atoms with Crippen LogP contribution in [0.5, 0.6) is 11.5 Å². The second-order valence-electron chi connectivity index (χ2n) is 7.56. The molecule has 4 rings (SSSR count). The predicted molar refractivity (Wildman–Crippen MR) is 136 cm³/mol. The van der Waals surface area contributed by atoms with Crippen molar-refractivity contribution in [3.8, 4) is 11.5 Å². The lowest BCUT2D eigenvalue weighted by Gasteiger charge is -2.13. The number of carboxylic acid groups (broad SMARTS) is 1. The van der Waals surface area contributed by atoms with Gasteiger partial charge in [0.05, 0.1) is 24.1 Å². The first kappa shape index (κ1) is 24.6. The average Bonchev–Trinajstić information content (AvgIpc) is 3.11. The molecule has 0 aromatic heterocycles. The van der Waals surface area contributed by atoms with Crippen molar-refractivity contribution in [3.05, 3.63) is 98.4 Å². The van der Waals surface area contributed by atoms with E-state index in [1.165, 1.54) is 24.1 Å². The predicted octanol–water partition coefficient (Wildman–Crippen LogP) is 5.97. The third-order valence-electron chi connectivity index (χ3n) is 5.24. The number of methoxy groups -OCH3 is 1. The molecule has 1 fully saturated rings. The summed E-state index contributed by atoms with van der Waals surface area (Å²) in [6.45, 7) is 0.413. The number of aromatic carboxylic acids is 1. The van der Waals surface area contributed by atoms with Crippen LogP contribution in [-0.2, 0) is 17.9 Å². The number of carboxylic acids is 1. The molecule has 3 aromatic rings. The van der Waals surface area contributed by atoms with E-state index in [4.69, 9.17) is 14.6 Å². The Bertz CT molecular complexity index is 1320. The first-order valence-electron chi connectivity index (χ1n) is 10.5. The number of hydrogen-bond acceptors (Lipinski definition) is 6. The van der Waals surface area contributed by atoms with Crippen molar-refractivity contribution in [3.63, 3.8) is 0 Å². The largest absolute Gasteiger partial charge is 0.493 e. The van der Waals surface area contributed by atoms with Gasteiger partial charge in [-0.25, -0.2) is 4.79 Å². The second-order valence-corrected chi connectivity index (χ2v) is 9.41. The van der Waals surface area contributed by atoms with E-state index in [9.17, 15) is 14.4 Å². The third-order valence-corrected chi connectivity index (χ3v) is 6.92. The van der Waals surface area contributed by atoms with Crippen LogP contribution in [0.15, 0.2) is 76.1 Å². The van der Waals surface area contributed by atoms with E-state index in [1.807, 2.05) is 24.3 Å². The first-order chi connectivity index (χ1) is 16.9. The number of imide groups is 1. The molecule has 0 radical (unpaired) electrons. The quantitative estimate of drug-likeness (QED) is 0.343. The van der Waals surface area contributed by atoms with E-state index >= 15 is 0 Å². The van der Waals surface area contributed by atoms with Gasteiger partial charge in [-0.05, 0) is 64.9 Å². The molecule has 1 aliphatic heterocycles. The molecule has 1 saturated heterocycles. The minimum Gasteiger partial charge on any atom is -0.493 e. The zero-order valence-corrected chi connectivity index (χ0v) is 21.0. The van der Waals surface area contributed by atoms with Crippen molar-refractivity contribution in [2.75, 3.05) is 7.11 Å². The second kappa shape index (κ2) is 10.8. The maximum Gasteiger partial charge on any atom is 0.335 e. The molecule has 0 saturated carbocycles. The van der Waals surface area contributed by atoms with Crippen LogP contribution in [0.3, 0.4) is 0 Å². The number of benzene rings is 3. The molecule has 0 unspecified atom stereocenters. The zero-order chi connectivity index (χ0) is 24.9. The maximum atomic E-state index is 12.9. The van der Waals surface area contributed by atoms with Crippen molar-refractivity contribution < 1.29 is 29.0 Å². The third kappa shape index (κ3) is 5.75. The lowest BCUT2D eigenvalue weighted by molar-refractivity contribution is -0.123. The average molecular weight is 554 g/mol. The molecule has 1 aliphatic rings. The summed E-state index contributed by atoms with van der Waals surface area (Å²) in [6, 6.07) is 19.1. The summed E-state index contributed by atoms with van der Waals surface area (Å²) >= 11 is 4.35. The van der Waals surface area contributed by atoms with E-state index in [0.29, 0.717) is 22.0 Å². The Hall–Kier alpha value is -3.56. The van der Waals surface area contributed by atoms with Gasteiger partial charge in [0.25, 0.3) is 11.1 Å². The summed E-state index contributed by atoms with van der Waals surface area (Å²) < 4.78 is 12.1. The van der Waals surface area contributed by atoms with E-state index in [0.717, 1.165) is 27.4 Å². The Balaban J connectivity index is 1.47. The molecule has 35 heavy (non-hydrogen) atoms. The van der Waals surface area contributed by atoms with Crippen LogP contribution in [0.4, 0.5) is 4.79 Å². The highest BCUT2D eigenvalue weighted by Crippen LogP contribution is 2.36. The molecule has 1 heterocycles. The van der Waals surface area contributed by atoms with E-state index < -0.39 is 5.97 Å². The molecule has 0 aliphatic carbocycles. The van der Waals surface area contributed by atoms with Gasteiger partial charge < -0.3 is 14.6 Å². The summed E-state index contributed by atoms with van der Waals surface area (Å²) in [5, 5.41) is 8.68. The van der Waals surface area contributed by atoms with Crippen LogP contribution in [0.1, 0.15) is 27.0 Å². The van der Waals surface area contributed by atoms with Gasteiger partial charge in [-0.3, -0.25) is 14.5 Å². The molecule has 2 amide bonds. The van der Waals surface area contributed by atoms with Gasteiger partial charge in [0.15, 0.2) is 11.5 Å². The lowest BCUT2D eigenvalue weighted by atomic mass is 10.1. The fraction of sp³-hybridized carbons (Fsp3) is 0.115. The van der Waals surface area contributed by atoms with E-state index in [-0.39, 0.29) is 29.9 Å². The van der Waals surface area contributed by atoms with Crippen LogP contribution in [0.2, 0.25) is 0 Å². The lowest BCUT2D eigenvalue weighted by Crippen LogP contribution is -2.27. The molecule has 1 N–H and O–H groups in total. The smallest absolute Gasteiger partial charge is 0.335 e. The van der Waals surface area contributed by atoms with Gasteiger partial charge in [-0.2, -0.15) is 0 Å². The standard InChI is InChI=1S/C26H20BrNO6S/c1-33-22-12-17(8-11-21(22)34-15-16-6-9-18(10-7-16)25(30)31)13-23-24(29)28(26(32)35-23)14-19-4-2-3-5-20(19)27/h2-13H,14-15H2,1H3,(H,30,31)/b23-13-. The zero-order valence-electron chi connectivity index (χ0n) is 18.6. The highest BCUT2D eigenvalue weighted by molar-refractivity contribution is 9.10. The van der Waals surface area contributed by atoms with E-state index in [2.05, 4.69) is 15.9 Å². The fourth-order valence-corrected chi connectivity index (χ4v) is 4.63. The molecule has 7 nitrogen and oxygen atoms in total. The number of nitrogens with zero attached hydrogens (tertiary/aromatic N) is 1. The molecule has 178 valence electrons. The molecule has 9 heteroatoms. The Labute approximate surface area is 214 Å². The number of hydrogen-bond donors (Lipinski definition) is 1. The van der Waals surface area contributed by atoms with Crippen LogP contribution in [0.25, 0.3) is 6.08 Å². The first-order valence-corrected chi connectivity index (χ1v) is 12.1. The van der Waals surface area contributed by atoms with Crippen LogP contribution >= 0.6 is 27.7 Å². The maximum absolute atomic E-state index is 12.9. The monoisotopic (exact) mass is 553 g/mol. The Morgan fingerprint density at radius 1 is 1.06 bits per heavy atom. The molecular weight excluding hydrogens is 534 g/mol. The number of thioether (sulfide) groups is 1. The number of rotatable bonds is 8. The van der Waals surface area contributed by atoms with Gasteiger partial charge in [-0.15, -0.1) is 0 Å². The summed E-state index contributed by atoms with van der Waals surface area (Å²) in [7, 11) is 1.51. The summed E-state index contributed by atoms with van der Waals surface area (Å²) in [5.41, 5.74) is 2.54. The number of amides is 2. The molecule has 3 aromatic carbocycles. The summed E-state index contributed by atoms with van der Waals surface area (Å²) in [5.74, 6) is -0.372.